The topological polar surface area (TPSA) is 43.8 Å². The van der Waals surface area contributed by atoms with Crippen molar-refractivity contribution >= 4 is 17.5 Å². The van der Waals surface area contributed by atoms with Crippen LogP contribution in [0.3, 0.4) is 0 Å². The Morgan fingerprint density at radius 3 is 2.46 bits per heavy atom. The van der Waals surface area contributed by atoms with Crippen LogP contribution in [0, 0.1) is 5.82 Å². The second-order valence-electron chi connectivity index (χ2n) is 7.65. The Hall–Kier alpha value is -1.95. The number of amides is 1. The maximum absolute atomic E-state index is 14.3. The van der Waals surface area contributed by atoms with Crippen molar-refractivity contribution < 1.29 is 14.3 Å². The molecule has 1 amide bonds. The summed E-state index contributed by atoms with van der Waals surface area (Å²) < 4.78 is 14.3. The van der Waals surface area contributed by atoms with Crippen LogP contribution >= 0.6 is 11.6 Å². The van der Waals surface area contributed by atoms with Gasteiger partial charge in [-0.15, -0.1) is 0 Å². The number of hydrogen-bond acceptors (Lipinski definition) is 3. The summed E-state index contributed by atoms with van der Waals surface area (Å²) >= 11 is 6.11. The highest BCUT2D eigenvalue weighted by Crippen LogP contribution is 2.38. The van der Waals surface area contributed by atoms with Crippen molar-refractivity contribution in [3.63, 3.8) is 0 Å². The first-order valence-electron chi connectivity index (χ1n) is 9.76. The molecule has 2 atom stereocenters. The lowest BCUT2D eigenvalue weighted by Gasteiger charge is -2.48. The fraction of sp³-hybridized carbons (Fsp3) is 0.409. The Morgan fingerprint density at radius 1 is 1.07 bits per heavy atom. The molecule has 0 aliphatic carbocycles. The molecule has 2 heterocycles. The highest BCUT2D eigenvalue weighted by Gasteiger charge is 2.47. The van der Waals surface area contributed by atoms with E-state index >= 15 is 0 Å². The van der Waals surface area contributed by atoms with Gasteiger partial charge in [0.1, 0.15) is 11.4 Å². The molecular weight excluding hydrogens is 379 g/mol. The molecule has 2 fully saturated rings. The van der Waals surface area contributed by atoms with Gasteiger partial charge in [-0.05, 0) is 50.0 Å². The van der Waals surface area contributed by atoms with Crippen molar-refractivity contribution in [3.05, 3.63) is 70.5 Å². The third-order valence-electron chi connectivity index (χ3n) is 6.03. The van der Waals surface area contributed by atoms with E-state index in [-0.39, 0.29) is 16.6 Å². The Morgan fingerprint density at radius 2 is 1.79 bits per heavy atom. The molecule has 4 nitrogen and oxygen atoms in total. The largest absolute Gasteiger partial charge is 0.383 e. The summed E-state index contributed by atoms with van der Waals surface area (Å²) in [6.45, 7) is 2.47. The SMILES string of the molecule is O=C(c1c(F)cccc1Cl)N1CC[C@](O)(c2ccccc2)[C@H](N2CCCC2)C1. The normalized spacial score (nSPS) is 25.8. The lowest BCUT2D eigenvalue weighted by molar-refractivity contribution is -0.0878. The van der Waals surface area contributed by atoms with Crippen LogP contribution in [0.4, 0.5) is 4.39 Å². The van der Waals surface area contributed by atoms with Crippen LogP contribution in [-0.2, 0) is 5.60 Å². The number of hydrogen-bond donors (Lipinski definition) is 1. The van der Waals surface area contributed by atoms with Crippen LogP contribution in [0.5, 0.6) is 0 Å². The van der Waals surface area contributed by atoms with Crippen molar-refractivity contribution in [3.8, 4) is 0 Å². The van der Waals surface area contributed by atoms with E-state index in [1.54, 1.807) is 4.90 Å². The minimum atomic E-state index is -1.04. The van der Waals surface area contributed by atoms with Gasteiger partial charge >= 0.3 is 0 Å². The molecule has 0 radical (unpaired) electrons. The first-order chi connectivity index (χ1) is 13.5. The van der Waals surface area contributed by atoms with Gasteiger partial charge in [0.25, 0.3) is 5.91 Å². The number of piperidine rings is 1. The molecule has 1 N–H and O–H groups in total. The Kier molecular flexibility index (Phi) is 5.41. The number of nitrogens with zero attached hydrogens (tertiary/aromatic N) is 2. The summed E-state index contributed by atoms with van der Waals surface area (Å²) in [5.74, 6) is -1.03. The predicted octanol–water partition coefficient (Wildman–Crippen LogP) is 3.68. The van der Waals surface area contributed by atoms with Gasteiger partial charge in [0.2, 0.25) is 0 Å². The van der Waals surface area contributed by atoms with Crippen LogP contribution < -0.4 is 0 Å². The highest BCUT2D eigenvalue weighted by molar-refractivity contribution is 6.33. The summed E-state index contributed by atoms with van der Waals surface area (Å²) in [7, 11) is 0. The lowest BCUT2D eigenvalue weighted by atomic mass is 9.79. The number of carbonyl (C=O) groups is 1. The van der Waals surface area contributed by atoms with Crippen LogP contribution in [0.15, 0.2) is 48.5 Å². The van der Waals surface area contributed by atoms with Gasteiger partial charge in [0, 0.05) is 13.1 Å². The second-order valence-corrected chi connectivity index (χ2v) is 8.05. The molecule has 28 heavy (non-hydrogen) atoms. The Balaban J connectivity index is 1.65. The first-order valence-corrected chi connectivity index (χ1v) is 10.1. The van der Waals surface area contributed by atoms with Crippen LogP contribution in [0.2, 0.25) is 5.02 Å². The quantitative estimate of drug-likeness (QED) is 0.851. The Bertz CT molecular complexity index is 837. The summed E-state index contributed by atoms with van der Waals surface area (Å²) in [5, 5.41) is 11.8. The molecule has 0 bridgehead atoms. The molecule has 4 rings (SSSR count). The summed E-state index contributed by atoms with van der Waals surface area (Å²) in [6, 6.07) is 13.7. The molecule has 6 heteroatoms. The molecule has 0 aromatic heterocycles. The van der Waals surface area contributed by atoms with Crippen molar-refractivity contribution in [2.24, 2.45) is 0 Å². The zero-order chi connectivity index (χ0) is 19.7. The maximum Gasteiger partial charge on any atom is 0.258 e. The van der Waals surface area contributed by atoms with Gasteiger partial charge in [-0.3, -0.25) is 9.69 Å². The van der Waals surface area contributed by atoms with Gasteiger partial charge in [-0.2, -0.15) is 0 Å². The number of benzene rings is 2. The predicted molar refractivity (Wildman–Crippen MR) is 107 cm³/mol. The molecule has 0 saturated carbocycles. The van der Waals surface area contributed by atoms with Gasteiger partial charge in [-0.1, -0.05) is 48.0 Å². The number of rotatable bonds is 3. The summed E-state index contributed by atoms with van der Waals surface area (Å²) in [4.78, 5) is 16.9. The zero-order valence-electron chi connectivity index (χ0n) is 15.7. The van der Waals surface area contributed by atoms with Gasteiger partial charge in [-0.25, -0.2) is 4.39 Å². The van der Waals surface area contributed by atoms with Gasteiger partial charge in [0.15, 0.2) is 0 Å². The van der Waals surface area contributed by atoms with Crippen LogP contribution in [0.1, 0.15) is 35.2 Å². The van der Waals surface area contributed by atoms with E-state index in [9.17, 15) is 14.3 Å². The van der Waals surface area contributed by atoms with Crippen molar-refractivity contribution in [2.75, 3.05) is 26.2 Å². The summed E-state index contributed by atoms with van der Waals surface area (Å²) in [6.07, 6.45) is 2.55. The standard InChI is InChI=1S/C22H24ClFN2O2/c23-17-9-6-10-18(24)20(17)21(27)26-14-11-22(28,16-7-2-1-3-8-16)19(15-26)25-12-4-5-13-25/h1-3,6-10,19,28H,4-5,11-15H2/t19-,22+/m1/s1. The van der Waals surface area contributed by atoms with E-state index in [1.807, 2.05) is 30.3 Å². The minimum absolute atomic E-state index is 0.0884. The molecule has 2 aromatic carbocycles. The van der Waals surface area contributed by atoms with Crippen molar-refractivity contribution in [1.29, 1.82) is 0 Å². The molecular formula is C22H24ClFN2O2. The van der Waals surface area contributed by atoms with Crippen LogP contribution in [-0.4, -0.2) is 53.0 Å². The molecule has 2 aromatic rings. The van der Waals surface area contributed by atoms with Crippen molar-refractivity contribution in [1.82, 2.24) is 9.80 Å². The number of halogens is 2. The fourth-order valence-corrected chi connectivity index (χ4v) is 4.75. The van der Waals surface area contributed by atoms with Crippen molar-refractivity contribution in [2.45, 2.75) is 30.9 Å². The van der Waals surface area contributed by atoms with E-state index in [4.69, 9.17) is 11.6 Å². The maximum atomic E-state index is 14.3. The van der Waals surface area contributed by atoms with E-state index in [0.717, 1.165) is 31.5 Å². The van der Waals surface area contributed by atoms with E-state index in [1.165, 1.54) is 18.2 Å². The third-order valence-corrected chi connectivity index (χ3v) is 6.34. The van der Waals surface area contributed by atoms with Crippen LogP contribution in [0.25, 0.3) is 0 Å². The molecule has 148 valence electrons. The lowest BCUT2D eigenvalue weighted by Crippen LogP contribution is -2.61. The molecule has 0 spiro atoms. The zero-order valence-corrected chi connectivity index (χ0v) is 16.4. The Labute approximate surface area is 169 Å². The third kappa shape index (κ3) is 3.43. The monoisotopic (exact) mass is 402 g/mol. The minimum Gasteiger partial charge on any atom is -0.383 e. The number of aliphatic hydroxyl groups is 1. The second kappa shape index (κ2) is 7.82. The van der Waals surface area contributed by atoms with E-state index in [0.29, 0.717) is 19.5 Å². The molecule has 2 aliphatic heterocycles. The number of carbonyl (C=O) groups excluding carboxylic acids is 1. The summed E-state index contributed by atoms with van der Waals surface area (Å²) in [5.41, 5.74) is -0.265. The average molecular weight is 403 g/mol. The fourth-order valence-electron chi connectivity index (χ4n) is 4.50. The van der Waals surface area contributed by atoms with Gasteiger partial charge < -0.3 is 10.0 Å². The molecule has 2 aliphatic rings. The molecule has 2 saturated heterocycles. The van der Waals surface area contributed by atoms with Gasteiger partial charge in [0.05, 0.1) is 16.6 Å². The first kappa shape index (κ1) is 19.4. The average Bonchev–Trinajstić information content (AvgIpc) is 3.23. The van der Waals surface area contributed by atoms with E-state index < -0.39 is 17.3 Å². The number of likely N-dealkylation sites (tertiary alicyclic amines) is 2. The van der Waals surface area contributed by atoms with E-state index in [2.05, 4.69) is 4.90 Å². The smallest absolute Gasteiger partial charge is 0.258 e. The highest BCUT2D eigenvalue weighted by atomic mass is 35.5. The molecule has 0 unspecified atom stereocenters.